The lowest BCUT2D eigenvalue weighted by molar-refractivity contribution is 0.0942. The highest BCUT2D eigenvalue weighted by atomic mass is 35.5. The van der Waals surface area contributed by atoms with Crippen LogP contribution >= 0.6 is 22.4 Å². The molecule has 1 fully saturated rings. The highest BCUT2D eigenvalue weighted by Gasteiger charge is 2.27. The van der Waals surface area contributed by atoms with Gasteiger partial charge in [-0.25, -0.2) is 19.2 Å². The number of amides is 1. The van der Waals surface area contributed by atoms with Crippen LogP contribution in [0.15, 0.2) is 37.1 Å². The van der Waals surface area contributed by atoms with Crippen molar-refractivity contribution in [3.8, 4) is 0 Å². The molecular formula is C20H24ClN9O3S. The van der Waals surface area contributed by atoms with E-state index in [1.807, 2.05) is 16.2 Å². The van der Waals surface area contributed by atoms with Gasteiger partial charge in [0, 0.05) is 37.6 Å². The summed E-state index contributed by atoms with van der Waals surface area (Å²) in [7, 11) is -2.86. The molecule has 0 saturated carbocycles. The monoisotopic (exact) mass is 505 g/mol. The summed E-state index contributed by atoms with van der Waals surface area (Å²) in [6.07, 6.45) is 6.55. The van der Waals surface area contributed by atoms with E-state index >= 15 is 0 Å². The summed E-state index contributed by atoms with van der Waals surface area (Å²) in [4.78, 5) is 23.7. The van der Waals surface area contributed by atoms with Gasteiger partial charge in [0.15, 0.2) is 11.5 Å². The van der Waals surface area contributed by atoms with Gasteiger partial charge in [-0.15, -0.1) is 15.9 Å². The summed E-state index contributed by atoms with van der Waals surface area (Å²) < 4.78 is 26.4. The first kappa shape index (κ1) is 22.7. The van der Waals surface area contributed by atoms with E-state index in [0.29, 0.717) is 35.8 Å². The van der Waals surface area contributed by atoms with E-state index < -0.39 is 22.7 Å². The van der Waals surface area contributed by atoms with Gasteiger partial charge >= 0.3 is 0 Å². The zero-order valence-electron chi connectivity index (χ0n) is 18.2. The molecule has 1 aliphatic heterocycles. The predicted molar refractivity (Wildman–Crippen MR) is 131 cm³/mol. The summed E-state index contributed by atoms with van der Waals surface area (Å²) in [5.41, 5.74) is 8.01. The highest BCUT2D eigenvalue weighted by Crippen LogP contribution is 2.37. The number of hydrogen-bond acceptors (Lipinski definition) is 9. The number of nitrogen functional groups attached to an aromatic ring is 1. The number of nitrogens with one attached hydrogen (secondary N) is 2. The molecule has 34 heavy (non-hydrogen) atoms. The van der Waals surface area contributed by atoms with Crippen LogP contribution in [0.2, 0.25) is 5.02 Å². The third-order valence-corrected chi connectivity index (χ3v) is 7.50. The second-order valence-corrected chi connectivity index (χ2v) is 10.5. The number of nitrogens with two attached hydrogens (primary N) is 1. The van der Waals surface area contributed by atoms with Crippen LogP contribution < -0.4 is 20.7 Å². The first-order valence-electron chi connectivity index (χ1n) is 10.5. The molecule has 0 radical (unpaired) electrons. The molecule has 14 heteroatoms. The summed E-state index contributed by atoms with van der Waals surface area (Å²) in [5.74, 6) is 0.583. The van der Waals surface area contributed by atoms with Crippen LogP contribution in [0.25, 0.3) is 11.2 Å². The van der Waals surface area contributed by atoms with Crippen molar-refractivity contribution in [2.45, 2.75) is 13.0 Å². The number of rotatable bonds is 4. The van der Waals surface area contributed by atoms with Crippen LogP contribution in [0.5, 0.6) is 0 Å². The Hall–Kier alpha value is -3.10. The normalized spacial score (nSPS) is 18.1. The van der Waals surface area contributed by atoms with E-state index in [9.17, 15) is 13.9 Å². The van der Waals surface area contributed by atoms with Crippen LogP contribution in [-0.4, -0.2) is 64.4 Å². The molecule has 12 nitrogen and oxygen atoms in total. The fourth-order valence-corrected chi connectivity index (χ4v) is 5.45. The Kier molecular flexibility index (Phi) is 5.73. The molecule has 4 aromatic heterocycles. The minimum Gasteiger partial charge on any atom is -0.381 e. The lowest BCUT2D eigenvalue weighted by Gasteiger charge is -2.31. The molecule has 0 aliphatic carbocycles. The Balaban J connectivity index is 1.53. The lowest BCUT2D eigenvalue weighted by atomic mass is 10.1. The van der Waals surface area contributed by atoms with E-state index in [2.05, 4.69) is 25.1 Å². The molecule has 6 N–H and O–H groups in total. The third-order valence-electron chi connectivity index (χ3n) is 5.78. The molecule has 0 spiro atoms. The van der Waals surface area contributed by atoms with Crippen molar-refractivity contribution >= 4 is 51.1 Å². The van der Waals surface area contributed by atoms with Crippen molar-refractivity contribution in [3.63, 3.8) is 0 Å². The quantitative estimate of drug-likeness (QED) is 0.280. The first-order chi connectivity index (χ1) is 16.2. The lowest BCUT2D eigenvalue weighted by Crippen LogP contribution is -2.34. The van der Waals surface area contributed by atoms with Gasteiger partial charge in [0.25, 0.3) is 5.91 Å². The minimum absolute atomic E-state index is 0.0792. The third kappa shape index (κ3) is 4.01. The number of nitrogens with zero attached hydrogens (tertiary/aromatic N) is 6. The van der Waals surface area contributed by atoms with Crippen molar-refractivity contribution in [2.75, 3.05) is 36.0 Å². The molecule has 5 heterocycles. The molecule has 0 aromatic carbocycles. The summed E-state index contributed by atoms with van der Waals surface area (Å²) in [6, 6.07) is 3.01. The van der Waals surface area contributed by atoms with Crippen molar-refractivity contribution < 1.29 is 13.9 Å². The average Bonchev–Trinajstić information content (AvgIpc) is 3.35. The summed E-state index contributed by atoms with van der Waals surface area (Å²) in [6.45, 7) is 3.13. The van der Waals surface area contributed by atoms with Gasteiger partial charge in [0.1, 0.15) is 17.7 Å². The smallest absolute Gasteiger partial charge is 0.259 e. The zero-order valence-corrected chi connectivity index (χ0v) is 19.8. The molecule has 180 valence electrons. The molecule has 1 unspecified atom stereocenters. The second kappa shape index (κ2) is 8.60. The van der Waals surface area contributed by atoms with Gasteiger partial charge in [-0.1, -0.05) is 11.6 Å². The maximum Gasteiger partial charge on any atom is 0.259 e. The number of anilines is 2. The number of aromatic nitrogens is 5. The molecule has 1 saturated heterocycles. The van der Waals surface area contributed by atoms with E-state index in [4.69, 9.17) is 17.3 Å². The van der Waals surface area contributed by atoms with Crippen LogP contribution in [-0.2, 0) is 0 Å². The van der Waals surface area contributed by atoms with Gasteiger partial charge in [-0.2, -0.15) is 0 Å². The van der Waals surface area contributed by atoms with Crippen molar-refractivity contribution in [1.29, 1.82) is 0 Å². The van der Waals surface area contributed by atoms with Gasteiger partial charge in [-0.3, -0.25) is 18.3 Å². The molecule has 5 rings (SSSR count). The van der Waals surface area contributed by atoms with E-state index in [1.165, 1.54) is 4.52 Å². The maximum absolute atomic E-state index is 13.2. The van der Waals surface area contributed by atoms with Gasteiger partial charge < -0.3 is 16.0 Å². The van der Waals surface area contributed by atoms with Crippen LogP contribution in [0, 0.1) is 0 Å². The zero-order chi connectivity index (χ0) is 24.0. The SMILES string of the molecule is CC(NC(=O)c1c(N)nn2cccnc12)c1cc(Cl)c2cncn2c1N1CCNS(O)(O)CC1. The van der Waals surface area contributed by atoms with Crippen LogP contribution in [0.1, 0.15) is 28.9 Å². The summed E-state index contributed by atoms with van der Waals surface area (Å²) >= 11 is 6.55. The average molecular weight is 506 g/mol. The molecule has 1 atom stereocenters. The van der Waals surface area contributed by atoms with Crippen LogP contribution in [0.4, 0.5) is 11.6 Å². The number of carbonyl (C=O) groups excluding carboxylic acids is 1. The number of halogens is 1. The Morgan fingerprint density at radius 3 is 3.03 bits per heavy atom. The largest absolute Gasteiger partial charge is 0.381 e. The maximum atomic E-state index is 13.2. The van der Waals surface area contributed by atoms with Gasteiger partial charge in [-0.05, 0) is 19.1 Å². The van der Waals surface area contributed by atoms with Gasteiger partial charge in [0.2, 0.25) is 0 Å². The van der Waals surface area contributed by atoms with E-state index in [1.54, 1.807) is 37.1 Å². The van der Waals surface area contributed by atoms with E-state index in [0.717, 1.165) is 11.4 Å². The second-order valence-electron chi connectivity index (χ2n) is 8.02. The van der Waals surface area contributed by atoms with Crippen molar-refractivity contribution in [1.82, 2.24) is 34.0 Å². The summed E-state index contributed by atoms with van der Waals surface area (Å²) in [5, 5.41) is 7.62. The molecular weight excluding hydrogens is 482 g/mol. The number of pyridine rings is 1. The number of fused-ring (bicyclic) bond motifs is 2. The number of hydrogen-bond donors (Lipinski definition) is 5. The Morgan fingerprint density at radius 1 is 1.38 bits per heavy atom. The molecule has 0 bridgehead atoms. The molecule has 1 aliphatic rings. The Labute approximate surface area is 201 Å². The minimum atomic E-state index is -2.86. The van der Waals surface area contributed by atoms with Crippen molar-refractivity contribution in [3.05, 3.63) is 53.2 Å². The number of carbonyl (C=O) groups is 1. The van der Waals surface area contributed by atoms with E-state index in [-0.39, 0.29) is 17.1 Å². The fraction of sp³-hybridized carbons (Fsp3) is 0.300. The van der Waals surface area contributed by atoms with Gasteiger partial charge in [0.05, 0.1) is 28.5 Å². The molecule has 1 amide bonds. The first-order valence-corrected chi connectivity index (χ1v) is 12.6. The standard InChI is InChI=1S/C20H24ClN9O3S/c1-12(26-19(31)16-17(22)27-30-5-2-3-24-18(16)30)13-9-14(21)15-10-23-11-29(15)20(13)28-6-4-25-34(32,33)8-7-28/h2-3,5,9-12,25,32-33H,4,6-8H2,1H3,(H2,22,27)(H,26,31). The van der Waals surface area contributed by atoms with Crippen molar-refractivity contribution in [2.24, 2.45) is 0 Å². The molecule has 4 aromatic rings. The Bertz CT molecular complexity index is 1390. The fourth-order valence-electron chi connectivity index (χ4n) is 4.15. The highest BCUT2D eigenvalue weighted by molar-refractivity contribution is 8.22. The topological polar surface area (TPSA) is 158 Å². The Morgan fingerprint density at radius 2 is 2.21 bits per heavy atom. The number of imidazole rings is 1. The predicted octanol–water partition coefficient (Wildman–Crippen LogP) is 2.18. The van der Waals surface area contributed by atoms with Crippen LogP contribution in [0.3, 0.4) is 0 Å².